The standard InChI is InChI=1S/C23H30ClNO4S/c1-3-4-5-8-22(25-30(27,28)21-16-14-20(24)15-17-21)19-12-10-18(11-13-19)7-6-9-23(26)29-2/h10-17,22,25H,3-9H2,1-2H3. The molecule has 0 aliphatic carbocycles. The average molecular weight is 452 g/mol. The third kappa shape index (κ3) is 7.74. The quantitative estimate of drug-likeness (QED) is 0.344. The number of carbonyl (C=O) groups is 1. The van der Waals surface area contributed by atoms with Crippen LogP contribution in [0.15, 0.2) is 53.4 Å². The van der Waals surface area contributed by atoms with E-state index in [1.165, 1.54) is 19.2 Å². The minimum absolute atomic E-state index is 0.201. The second-order valence-corrected chi connectivity index (χ2v) is 9.45. The van der Waals surface area contributed by atoms with Gasteiger partial charge in [-0.05, 0) is 54.7 Å². The van der Waals surface area contributed by atoms with Crippen molar-refractivity contribution in [2.45, 2.75) is 62.8 Å². The van der Waals surface area contributed by atoms with Gasteiger partial charge in [0, 0.05) is 17.5 Å². The summed E-state index contributed by atoms with van der Waals surface area (Å²) in [7, 11) is -2.27. The summed E-state index contributed by atoms with van der Waals surface area (Å²) >= 11 is 5.88. The van der Waals surface area contributed by atoms with Gasteiger partial charge in [0.05, 0.1) is 12.0 Å². The molecule has 2 aromatic carbocycles. The maximum atomic E-state index is 12.9. The highest BCUT2D eigenvalue weighted by atomic mass is 35.5. The van der Waals surface area contributed by atoms with Crippen LogP contribution >= 0.6 is 11.6 Å². The topological polar surface area (TPSA) is 72.5 Å². The van der Waals surface area contributed by atoms with E-state index in [1.807, 2.05) is 24.3 Å². The number of nitrogens with one attached hydrogen (secondary N) is 1. The van der Waals surface area contributed by atoms with Crippen molar-refractivity contribution in [3.63, 3.8) is 0 Å². The molecule has 5 nitrogen and oxygen atoms in total. The number of ether oxygens (including phenoxy) is 1. The van der Waals surface area contributed by atoms with Gasteiger partial charge in [-0.25, -0.2) is 13.1 Å². The van der Waals surface area contributed by atoms with Gasteiger partial charge in [0.2, 0.25) is 10.0 Å². The second-order valence-electron chi connectivity index (χ2n) is 7.29. The Balaban J connectivity index is 2.11. The lowest BCUT2D eigenvalue weighted by Crippen LogP contribution is -2.28. The maximum absolute atomic E-state index is 12.9. The molecule has 0 heterocycles. The van der Waals surface area contributed by atoms with E-state index < -0.39 is 10.0 Å². The Kier molecular flexibility index (Phi) is 9.82. The van der Waals surface area contributed by atoms with Gasteiger partial charge in [-0.2, -0.15) is 0 Å². The number of aryl methyl sites for hydroxylation is 1. The molecule has 0 aliphatic heterocycles. The van der Waals surface area contributed by atoms with Crippen molar-refractivity contribution in [2.75, 3.05) is 7.11 Å². The molecule has 1 unspecified atom stereocenters. The highest BCUT2D eigenvalue weighted by Crippen LogP contribution is 2.24. The van der Waals surface area contributed by atoms with Crippen LogP contribution in [0, 0.1) is 0 Å². The van der Waals surface area contributed by atoms with Gasteiger partial charge in [0.1, 0.15) is 0 Å². The van der Waals surface area contributed by atoms with Gasteiger partial charge in [0.15, 0.2) is 0 Å². The fraction of sp³-hybridized carbons (Fsp3) is 0.435. The Hall–Kier alpha value is -1.89. The van der Waals surface area contributed by atoms with Crippen LogP contribution in [0.4, 0.5) is 0 Å². The van der Waals surface area contributed by atoms with Crippen molar-refractivity contribution in [2.24, 2.45) is 0 Å². The highest BCUT2D eigenvalue weighted by molar-refractivity contribution is 7.89. The first-order chi connectivity index (χ1) is 14.4. The Morgan fingerprint density at radius 2 is 1.70 bits per heavy atom. The number of benzene rings is 2. The summed E-state index contributed by atoms with van der Waals surface area (Å²) in [5.74, 6) is -0.209. The summed E-state index contributed by atoms with van der Waals surface area (Å²) in [6.07, 6.45) is 5.65. The van der Waals surface area contributed by atoms with Crippen LogP contribution in [-0.4, -0.2) is 21.5 Å². The predicted octanol–water partition coefficient (Wildman–Crippen LogP) is 5.44. The lowest BCUT2D eigenvalue weighted by Gasteiger charge is -2.20. The molecule has 1 N–H and O–H groups in total. The minimum Gasteiger partial charge on any atom is -0.469 e. The fourth-order valence-corrected chi connectivity index (χ4v) is 4.60. The third-order valence-electron chi connectivity index (χ3n) is 4.97. The smallest absolute Gasteiger partial charge is 0.305 e. The molecule has 30 heavy (non-hydrogen) atoms. The van der Waals surface area contributed by atoms with Crippen molar-refractivity contribution in [3.05, 3.63) is 64.7 Å². The second kappa shape index (κ2) is 12.1. The van der Waals surface area contributed by atoms with Crippen molar-refractivity contribution < 1.29 is 17.9 Å². The molecular formula is C23H30ClNO4S. The van der Waals surface area contributed by atoms with Crippen LogP contribution in [-0.2, 0) is 26.0 Å². The molecule has 0 radical (unpaired) electrons. The number of carbonyl (C=O) groups excluding carboxylic acids is 1. The molecule has 0 spiro atoms. The summed E-state index contributed by atoms with van der Waals surface area (Å²) < 4.78 is 33.2. The first kappa shape index (κ1) is 24.4. The van der Waals surface area contributed by atoms with Crippen LogP contribution in [0.2, 0.25) is 5.02 Å². The van der Waals surface area contributed by atoms with Gasteiger partial charge in [-0.15, -0.1) is 0 Å². The van der Waals surface area contributed by atoms with E-state index in [0.717, 1.165) is 49.7 Å². The maximum Gasteiger partial charge on any atom is 0.305 e. The monoisotopic (exact) mass is 451 g/mol. The van der Waals surface area contributed by atoms with E-state index in [9.17, 15) is 13.2 Å². The summed E-state index contributed by atoms with van der Waals surface area (Å²) in [6.45, 7) is 2.12. The van der Waals surface area contributed by atoms with Crippen LogP contribution in [0.3, 0.4) is 0 Å². The SMILES string of the molecule is CCCCCC(NS(=O)(=O)c1ccc(Cl)cc1)c1ccc(CCCC(=O)OC)cc1. The lowest BCUT2D eigenvalue weighted by atomic mass is 9.99. The molecular weight excluding hydrogens is 422 g/mol. The van der Waals surface area contributed by atoms with Crippen LogP contribution in [0.25, 0.3) is 0 Å². The molecule has 1 atom stereocenters. The Bertz CT molecular complexity index is 896. The Morgan fingerprint density at radius 1 is 1.03 bits per heavy atom. The van der Waals surface area contributed by atoms with Gasteiger partial charge >= 0.3 is 5.97 Å². The van der Waals surface area contributed by atoms with E-state index in [-0.39, 0.29) is 16.9 Å². The number of halogens is 1. The van der Waals surface area contributed by atoms with Crippen molar-refractivity contribution in [1.82, 2.24) is 4.72 Å². The minimum atomic E-state index is -3.66. The van der Waals surface area contributed by atoms with Crippen molar-refractivity contribution in [3.8, 4) is 0 Å². The molecule has 0 fully saturated rings. The molecule has 164 valence electrons. The molecule has 0 aromatic heterocycles. The summed E-state index contributed by atoms with van der Waals surface area (Å²) in [5.41, 5.74) is 2.04. The van der Waals surface area contributed by atoms with E-state index in [0.29, 0.717) is 11.4 Å². The van der Waals surface area contributed by atoms with Gasteiger partial charge in [0.25, 0.3) is 0 Å². The molecule has 7 heteroatoms. The van der Waals surface area contributed by atoms with Gasteiger partial charge in [-0.1, -0.05) is 62.1 Å². The molecule has 0 saturated carbocycles. The van der Waals surface area contributed by atoms with E-state index in [1.54, 1.807) is 12.1 Å². The number of hydrogen-bond acceptors (Lipinski definition) is 4. The van der Waals surface area contributed by atoms with Crippen molar-refractivity contribution >= 4 is 27.6 Å². The highest BCUT2D eigenvalue weighted by Gasteiger charge is 2.21. The number of rotatable bonds is 12. The van der Waals surface area contributed by atoms with Gasteiger partial charge < -0.3 is 4.74 Å². The van der Waals surface area contributed by atoms with E-state index in [2.05, 4.69) is 16.4 Å². The predicted molar refractivity (Wildman–Crippen MR) is 120 cm³/mol. The van der Waals surface area contributed by atoms with E-state index >= 15 is 0 Å². The largest absolute Gasteiger partial charge is 0.469 e. The first-order valence-corrected chi connectivity index (χ1v) is 12.2. The van der Waals surface area contributed by atoms with Crippen LogP contribution in [0.1, 0.15) is 62.6 Å². The molecule has 2 aromatic rings. The third-order valence-corrected chi connectivity index (χ3v) is 6.71. The summed E-state index contributed by atoms with van der Waals surface area (Å²) in [5, 5.41) is 0.497. The Morgan fingerprint density at radius 3 is 2.30 bits per heavy atom. The number of hydrogen-bond donors (Lipinski definition) is 1. The zero-order valence-corrected chi connectivity index (χ0v) is 19.1. The normalized spacial score (nSPS) is 12.5. The van der Waals surface area contributed by atoms with E-state index in [4.69, 9.17) is 11.6 Å². The lowest BCUT2D eigenvalue weighted by molar-refractivity contribution is -0.140. The molecule has 2 rings (SSSR count). The number of unbranched alkanes of at least 4 members (excludes halogenated alkanes) is 2. The zero-order valence-electron chi connectivity index (χ0n) is 17.6. The van der Waals surface area contributed by atoms with Gasteiger partial charge in [-0.3, -0.25) is 4.79 Å². The summed E-state index contributed by atoms with van der Waals surface area (Å²) in [4.78, 5) is 11.4. The number of sulfonamides is 1. The molecule has 0 amide bonds. The summed E-state index contributed by atoms with van der Waals surface area (Å²) in [6, 6.07) is 13.8. The molecule has 0 bridgehead atoms. The first-order valence-electron chi connectivity index (χ1n) is 10.3. The fourth-order valence-electron chi connectivity index (χ4n) is 3.22. The van der Waals surface area contributed by atoms with Crippen LogP contribution in [0.5, 0.6) is 0 Å². The van der Waals surface area contributed by atoms with Crippen molar-refractivity contribution in [1.29, 1.82) is 0 Å². The molecule has 0 saturated heterocycles. The zero-order chi connectivity index (χ0) is 22.0. The molecule has 0 aliphatic rings. The number of esters is 1. The van der Waals surface area contributed by atoms with Crippen LogP contribution < -0.4 is 4.72 Å². The number of methoxy groups -OCH3 is 1. The average Bonchev–Trinajstić information content (AvgIpc) is 2.74. The Labute approximate surface area is 184 Å².